The molecule has 0 aromatic carbocycles. The lowest BCUT2D eigenvalue weighted by molar-refractivity contribution is -0.121. The highest BCUT2D eigenvalue weighted by Crippen LogP contribution is 2.38. The average molecular weight is 240 g/mol. The Morgan fingerprint density at radius 2 is 2.18 bits per heavy atom. The van der Waals surface area contributed by atoms with Crippen LogP contribution in [0.3, 0.4) is 0 Å². The molecule has 17 heavy (non-hydrogen) atoms. The van der Waals surface area contributed by atoms with Crippen molar-refractivity contribution in [2.45, 2.75) is 57.7 Å². The molecule has 0 aromatic rings. The zero-order valence-electron chi connectivity index (χ0n) is 10.9. The highest BCUT2D eigenvalue weighted by molar-refractivity contribution is 5.78. The van der Waals surface area contributed by atoms with E-state index < -0.39 is 0 Å². The molecule has 3 unspecified atom stereocenters. The van der Waals surface area contributed by atoms with Crippen molar-refractivity contribution in [2.24, 2.45) is 5.92 Å². The van der Waals surface area contributed by atoms with E-state index in [0.717, 1.165) is 19.4 Å². The molecule has 1 saturated carbocycles. The highest BCUT2D eigenvalue weighted by atomic mass is 16.5. The van der Waals surface area contributed by atoms with Crippen LogP contribution < -0.4 is 10.6 Å². The third kappa shape index (κ3) is 3.68. The average Bonchev–Trinajstić information content (AvgIpc) is 3.07. The topological polar surface area (TPSA) is 50.4 Å². The van der Waals surface area contributed by atoms with Crippen LogP contribution in [0.5, 0.6) is 0 Å². The zero-order valence-corrected chi connectivity index (χ0v) is 10.9. The number of hydrogen-bond acceptors (Lipinski definition) is 3. The first kappa shape index (κ1) is 12.8. The SMILES string of the molecule is CCC(C)NCC(=O)NC1CCOC1C1CC1. The van der Waals surface area contributed by atoms with Crippen LogP contribution >= 0.6 is 0 Å². The second-order valence-electron chi connectivity index (χ2n) is 5.33. The van der Waals surface area contributed by atoms with E-state index in [0.29, 0.717) is 18.5 Å². The lowest BCUT2D eigenvalue weighted by atomic mass is 10.1. The molecule has 0 aromatic heterocycles. The fourth-order valence-electron chi connectivity index (χ4n) is 2.32. The van der Waals surface area contributed by atoms with Gasteiger partial charge in [-0.15, -0.1) is 0 Å². The summed E-state index contributed by atoms with van der Waals surface area (Å²) in [6.07, 6.45) is 4.83. The van der Waals surface area contributed by atoms with Crippen molar-refractivity contribution in [2.75, 3.05) is 13.2 Å². The van der Waals surface area contributed by atoms with Gasteiger partial charge in [-0.25, -0.2) is 0 Å². The van der Waals surface area contributed by atoms with Gasteiger partial charge in [0, 0.05) is 12.6 Å². The monoisotopic (exact) mass is 240 g/mol. The second kappa shape index (κ2) is 5.83. The molecule has 0 bridgehead atoms. The number of amides is 1. The lowest BCUT2D eigenvalue weighted by Crippen LogP contribution is -2.46. The number of carbonyl (C=O) groups is 1. The van der Waals surface area contributed by atoms with E-state index in [4.69, 9.17) is 4.74 Å². The summed E-state index contributed by atoms with van der Waals surface area (Å²) in [6, 6.07) is 0.647. The number of nitrogens with one attached hydrogen (secondary N) is 2. The first-order valence-electron chi connectivity index (χ1n) is 6.85. The van der Waals surface area contributed by atoms with Crippen molar-refractivity contribution in [3.05, 3.63) is 0 Å². The smallest absolute Gasteiger partial charge is 0.234 e. The molecule has 1 heterocycles. The molecule has 2 fully saturated rings. The Labute approximate surface area is 103 Å². The van der Waals surface area contributed by atoms with Gasteiger partial charge in [0.1, 0.15) is 0 Å². The summed E-state index contributed by atoms with van der Waals surface area (Å²) < 4.78 is 5.70. The van der Waals surface area contributed by atoms with Crippen molar-refractivity contribution >= 4 is 5.91 Å². The summed E-state index contributed by atoms with van der Waals surface area (Å²) in [4.78, 5) is 11.8. The van der Waals surface area contributed by atoms with Gasteiger partial charge in [0.05, 0.1) is 18.7 Å². The molecule has 1 aliphatic heterocycles. The van der Waals surface area contributed by atoms with E-state index in [1.807, 2.05) is 0 Å². The van der Waals surface area contributed by atoms with Gasteiger partial charge in [0.15, 0.2) is 0 Å². The summed E-state index contributed by atoms with van der Waals surface area (Å²) in [5.41, 5.74) is 0. The Hall–Kier alpha value is -0.610. The normalized spacial score (nSPS) is 30.2. The predicted molar refractivity (Wildman–Crippen MR) is 66.8 cm³/mol. The van der Waals surface area contributed by atoms with E-state index in [9.17, 15) is 4.79 Å². The summed E-state index contributed by atoms with van der Waals surface area (Å²) in [6.45, 7) is 5.43. The maximum Gasteiger partial charge on any atom is 0.234 e. The Bertz CT molecular complexity index is 266. The van der Waals surface area contributed by atoms with Gasteiger partial charge in [-0.2, -0.15) is 0 Å². The van der Waals surface area contributed by atoms with Crippen LogP contribution in [0.2, 0.25) is 0 Å². The fourth-order valence-corrected chi connectivity index (χ4v) is 2.32. The Balaban J connectivity index is 1.70. The van der Waals surface area contributed by atoms with Crippen LogP contribution in [-0.2, 0) is 9.53 Å². The molecule has 2 N–H and O–H groups in total. The highest BCUT2D eigenvalue weighted by Gasteiger charge is 2.41. The number of ether oxygens (including phenoxy) is 1. The van der Waals surface area contributed by atoms with E-state index in [2.05, 4.69) is 24.5 Å². The number of hydrogen-bond donors (Lipinski definition) is 2. The van der Waals surface area contributed by atoms with Gasteiger partial charge in [-0.1, -0.05) is 6.92 Å². The summed E-state index contributed by atoms with van der Waals surface area (Å²) in [5, 5.41) is 6.32. The van der Waals surface area contributed by atoms with Gasteiger partial charge >= 0.3 is 0 Å². The second-order valence-corrected chi connectivity index (χ2v) is 5.33. The van der Waals surface area contributed by atoms with Crippen LogP contribution in [0.15, 0.2) is 0 Å². The Kier molecular flexibility index (Phi) is 4.40. The minimum absolute atomic E-state index is 0.103. The van der Waals surface area contributed by atoms with Crippen LogP contribution in [0, 0.1) is 5.92 Å². The molecule has 4 nitrogen and oxygen atoms in total. The van der Waals surface area contributed by atoms with Crippen molar-refractivity contribution in [3.8, 4) is 0 Å². The maximum absolute atomic E-state index is 11.8. The molecular weight excluding hydrogens is 216 g/mol. The van der Waals surface area contributed by atoms with Crippen molar-refractivity contribution < 1.29 is 9.53 Å². The van der Waals surface area contributed by atoms with Gasteiger partial charge in [-0.3, -0.25) is 4.79 Å². The quantitative estimate of drug-likeness (QED) is 0.730. The third-order valence-corrected chi connectivity index (χ3v) is 3.79. The molecule has 1 saturated heterocycles. The maximum atomic E-state index is 11.8. The van der Waals surface area contributed by atoms with Crippen LogP contribution in [-0.4, -0.2) is 37.2 Å². The van der Waals surface area contributed by atoms with Crippen LogP contribution in [0.1, 0.15) is 39.5 Å². The number of rotatable bonds is 6. The van der Waals surface area contributed by atoms with E-state index in [-0.39, 0.29) is 18.1 Å². The molecule has 1 aliphatic carbocycles. The van der Waals surface area contributed by atoms with Crippen molar-refractivity contribution in [1.29, 1.82) is 0 Å². The number of carbonyl (C=O) groups excluding carboxylic acids is 1. The molecule has 4 heteroatoms. The van der Waals surface area contributed by atoms with E-state index >= 15 is 0 Å². The van der Waals surface area contributed by atoms with Gasteiger partial charge in [-0.05, 0) is 38.5 Å². The first-order chi connectivity index (χ1) is 8.20. The largest absolute Gasteiger partial charge is 0.376 e. The van der Waals surface area contributed by atoms with Crippen LogP contribution in [0.4, 0.5) is 0 Å². The standard InChI is InChI=1S/C13H24N2O2/c1-3-9(2)14-8-12(16)15-11-6-7-17-13(11)10-4-5-10/h9-11,13-14H,3-8H2,1-2H3,(H,15,16). The van der Waals surface area contributed by atoms with Gasteiger partial charge < -0.3 is 15.4 Å². The molecule has 1 amide bonds. The fraction of sp³-hybridized carbons (Fsp3) is 0.923. The molecule has 2 aliphatic rings. The molecule has 98 valence electrons. The lowest BCUT2D eigenvalue weighted by Gasteiger charge is -2.20. The van der Waals surface area contributed by atoms with Gasteiger partial charge in [0.25, 0.3) is 0 Å². The van der Waals surface area contributed by atoms with Crippen molar-refractivity contribution in [3.63, 3.8) is 0 Å². The molecule has 2 rings (SSSR count). The minimum Gasteiger partial charge on any atom is -0.376 e. The molecule has 0 radical (unpaired) electrons. The Morgan fingerprint density at radius 3 is 2.82 bits per heavy atom. The summed E-state index contributed by atoms with van der Waals surface area (Å²) in [5.74, 6) is 0.803. The molecule has 0 spiro atoms. The molecular formula is C13H24N2O2. The van der Waals surface area contributed by atoms with Crippen LogP contribution in [0.25, 0.3) is 0 Å². The first-order valence-corrected chi connectivity index (χ1v) is 6.85. The third-order valence-electron chi connectivity index (χ3n) is 3.79. The predicted octanol–water partition coefficient (Wildman–Crippen LogP) is 1.06. The van der Waals surface area contributed by atoms with Crippen molar-refractivity contribution in [1.82, 2.24) is 10.6 Å². The molecule has 3 atom stereocenters. The van der Waals surface area contributed by atoms with E-state index in [1.165, 1.54) is 12.8 Å². The zero-order chi connectivity index (χ0) is 12.3. The summed E-state index contributed by atoms with van der Waals surface area (Å²) >= 11 is 0. The van der Waals surface area contributed by atoms with E-state index in [1.54, 1.807) is 0 Å². The minimum atomic E-state index is 0.103. The Morgan fingerprint density at radius 1 is 1.41 bits per heavy atom. The summed E-state index contributed by atoms with van der Waals surface area (Å²) in [7, 11) is 0. The van der Waals surface area contributed by atoms with Gasteiger partial charge in [0.2, 0.25) is 5.91 Å².